The van der Waals surface area contributed by atoms with Crippen LogP contribution in [0.4, 0.5) is 0 Å². The molecule has 1 saturated carbocycles. The lowest BCUT2D eigenvalue weighted by atomic mass is 9.88. The van der Waals surface area contributed by atoms with E-state index in [0.717, 1.165) is 34.9 Å². The molecule has 1 amide bonds. The number of fused-ring (bicyclic) bond motifs is 1. The Balaban J connectivity index is 1.74. The van der Waals surface area contributed by atoms with E-state index in [4.69, 9.17) is 23.2 Å². The first kappa shape index (κ1) is 16.5. The molecule has 1 fully saturated rings. The van der Waals surface area contributed by atoms with Crippen molar-refractivity contribution in [2.75, 3.05) is 0 Å². The Morgan fingerprint density at radius 1 is 1.16 bits per heavy atom. The molecule has 4 rings (SSSR count). The van der Waals surface area contributed by atoms with E-state index < -0.39 is 0 Å². The van der Waals surface area contributed by atoms with E-state index in [9.17, 15) is 4.79 Å². The number of amides is 1. The van der Waals surface area contributed by atoms with Gasteiger partial charge in [0, 0.05) is 35.5 Å². The molecule has 0 bridgehead atoms. The predicted molar refractivity (Wildman–Crippen MR) is 102 cm³/mol. The zero-order valence-corrected chi connectivity index (χ0v) is 15.1. The Bertz CT molecular complexity index is 930. The summed E-state index contributed by atoms with van der Waals surface area (Å²) in [6.45, 7) is 0. The second-order valence-corrected chi connectivity index (χ2v) is 7.38. The number of carbonyl (C=O) groups is 1. The second-order valence-electron chi connectivity index (χ2n) is 6.56. The van der Waals surface area contributed by atoms with Crippen molar-refractivity contribution in [2.24, 2.45) is 0 Å². The maximum atomic E-state index is 12.5. The normalized spacial score (nSPS) is 15.3. The summed E-state index contributed by atoms with van der Waals surface area (Å²) >= 11 is 12.3. The third-order valence-corrected chi connectivity index (χ3v) is 5.41. The number of aromatic nitrogens is 1. The summed E-state index contributed by atoms with van der Waals surface area (Å²) in [5, 5.41) is 5.23. The first-order valence-electron chi connectivity index (χ1n) is 8.42. The maximum Gasteiger partial charge on any atom is 0.221 e. The number of rotatable bonds is 5. The van der Waals surface area contributed by atoms with E-state index in [0.29, 0.717) is 22.5 Å². The van der Waals surface area contributed by atoms with Crippen molar-refractivity contribution in [1.82, 2.24) is 10.3 Å². The van der Waals surface area contributed by atoms with Gasteiger partial charge in [-0.15, -0.1) is 0 Å². The van der Waals surface area contributed by atoms with Crippen LogP contribution in [0.25, 0.3) is 10.9 Å². The summed E-state index contributed by atoms with van der Waals surface area (Å²) in [6, 6.07) is 14.1. The van der Waals surface area contributed by atoms with Crippen LogP contribution in [-0.4, -0.2) is 16.9 Å². The fourth-order valence-electron chi connectivity index (χ4n) is 3.22. The van der Waals surface area contributed by atoms with Crippen LogP contribution in [0.1, 0.15) is 36.3 Å². The number of H-pyrrole nitrogens is 1. The number of halogens is 2. The lowest BCUT2D eigenvalue weighted by Gasteiger charge is -2.18. The average Bonchev–Trinajstić information content (AvgIpc) is 3.31. The number of benzene rings is 2. The van der Waals surface area contributed by atoms with E-state index >= 15 is 0 Å². The van der Waals surface area contributed by atoms with Crippen LogP contribution in [0, 0.1) is 0 Å². The Morgan fingerprint density at radius 2 is 1.96 bits per heavy atom. The summed E-state index contributed by atoms with van der Waals surface area (Å²) in [5.74, 6) is -0.00600. The topological polar surface area (TPSA) is 44.9 Å². The van der Waals surface area contributed by atoms with Gasteiger partial charge in [0.2, 0.25) is 5.91 Å². The predicted octanol–water partition coefficient (Wildman–Crippen LogP) is 5.28. The van der Waals surface area contributed by atoms with Gasteiger partial charge in [0.1, 0.15) is 0 Å². The monoisotopic (exact) mass is 372 g/mol. The molecule has 0 saturated heterocycles. The molecule has 2 aromatic carbocycles. The SMILES string of the molecule is O=C(C[C@H](c1ccc(Cl)c(Cl)c1)c1c[nH]c2ccccc12)NC1CC1. The first-order valence-corrected chi connectivity index (χ1v) is 9.18. The molecule has 0 radical (unpaired) electrons. The summed E-state index contributed by atoms with van der Waals surface area (Å²) in [6.07, 6.45) is 4.53. The fourth-order valence-corrected chi connectivity index (χ4v) is 3.52. The van der Waals surface area contributed by atoms with Gasteiger partial charge in [-0.1, -0.05) is 47.5 Å². The Kier molecular flexibility index (Phi) is 4.45. The fraction of sp³-hybridized carbons (Fsp3) is 0.250. The Hall–Kier alpha value is -1.97. The molecule has 5 heteroatoms. The molecule has 0 aliphatic heterocycles. The Morgan fingerprint density at radius 3 is 2.72 bits per heavy atom. The molecule has 1 aromatic heterocycles. The molecule has 0 spiro atoms. The number of hydrogen-bond acceptors (Lipinski definition) is 1. The van der Waals surface area contributed by atoms with Gasteiger partial charge < -0.3 is 10.3 Å². The summed E-state index contributed by atoms with van der Waals surface area (Å²) in [4.78, 5) is 15.8. The molecule has 1 aliphatic carbocycles. The van der Waals surface area contributed by atoms with E-state index in [1.807, 2.05) is 36.5 Å². The molecule has 1 aliphatic rings. The smallest absolute Gasteiger partial charge is 0.221 e. The van der Waals surface area contributed by atoms with E-state index in [1.165, 1.54) is 0 Å². The number of aromatic amines is 1. The summed E-state index contributed by atoms with van der Waals surface area (Å²) < 4.78 is 0. The van der Waals surface area contributed by atoms with E-state index in [-0.39, 0.29) is 11.8 Å². The zero-order valence-electron chi connectivity index (χ0n) is 13.6. The molecule has 1 atom stereocenters. The molecule has 3 aromatic rings. The van der Waals surface area contributed by atoms with Gasteiger partial charge in [-0.3, -0.25) is 4.79 Å². The van der Waals surface area contributed by atoms with Gasteiger partial charge in [0.05, 0.1) is 10.0 Å². The van der Waals surface area contributed by atoms with Crippen molar-refractivity contribution in [3.8, 4) is 0 Å². The quantitative estimate of drug-likeness (QED) is 0.628. The van der Waals surface area contributed by atoms with Crippen molar-refractivity contribution in [3.63, 3.8) is 0 Å². The molecule has 2 N–H and O–H groups in total. The highest BCUT2D eigenvalue weighted by Gasteiger charge is 2.27. The highest BCUT2D eigenvalue weighted by atomic mass is 35.5. The molecular formula is C20H18Cl2N2O. The van der Waals surface area contributed by atoms with Crippen molar-refractivity contribution < 1.29 is 4.79 Å². The van der Waals surface area contributed by atoms with Crippen LogP contribution in [0.3, 0.4) is 0 Å². The molecule has 1 heterocycles. The van der Waals surface area contributed by atoms with Crippen molar-refractivity contribution in [2.45, 2.75) is 31.2 Å². The second kappa shape index (κ2) is 6.74. The third kappa shape index (κ3) is 3.53. The molecule has 25 heavy (non-hydrogen) atoms. The third-order valence-electron chi connectivity index (χ3n) is 4.67. The maximum absolute atomic E-state index is 12.5. The minimum atomic E-state index is -0.0790. The van der Waals surface area contributed by atoms with E-state index in [2.05, 4.69) is 16.4 Å². The Labute approximate surface area is 156 Å². The van der Waals surface area contributed by atoms with Gasteiger partial charge >= 0.3 is 0 Å². The molecule has 0 unspecified atom stereocenters. The minimum absolute atomic E-state index is 0.0730. The molecular weight excluding hydrogens is 355 g/mol. The van der Waals surface area contributed by atoms with Crippen LogP contribution in [0.5, 0.6) is 0 Å². The van der Waals surface area contributed by atoms with Gasteiger partial charge in [0.25, 0.3) is 0 Å². The van der Waals surface area contributed by atoms with Crippen molar-refractivity contribution >= 4 is 40.0 Å². The van der Waals surface area contributed by atoms with Gasteiger partial charge in [0.15, 0.2) is 0 Å². The van der Waals surface area contributed by atoms with Gasteiger partial charge in [-0.25, -0.2) is 0 Å². The largest absolute Gasteiger partial charge is 0.361 e. The van der Waals surface area contributed by atoms with Crippen LogP contribution in [-0.2, 0) is 4.79 Å². The van der Waals surface area contributed by atoms with Crippen LogP contribution >= 0.6 is 23.2 Å². The first-order chi connectivity index (χ1) is 12.1. The lowest BCUT2D eigenvalue weighted by Crippen LogP contribution is -2.27. The highest BCUT2D eigenvalue weighted by Crippen LogP contribution is 2.36. The number of para-hydroxylation sites is 1. The van der Waals surface area contributed by atoms with Crippen LogP contribution < -0.4 is 5.32 Å². The highest BCUT2D eigenvalue weighted by molar-refractivity contribution is 6.42. The zero-order chi connectivity index (χ0) is 17.4. The van der Waals surface area contributed by atoms with Crippen LogP contribution in [0.2, 0.25) is 10.0 Å². The minimum Gasteiger partial charge on any atom is -0.361 e. The lowest BCUT2D eigenvalue weighted by molar-refractivity contribution is -0.121. The van der Waals surface area contributed by atoms with Crippen LogP contribution in [0.15, 0.2) is 48.7 Å². The molecule has 128 valence electrons. The number of hydrogen-bond donors (Lipinski definition) is 2. The number of carbonyl (C=O) groups excluding carboxylic acids is 1. The summed E-state index contributed by atoms with van der Waals surface area (Å²) in [7, 11) is 0. The van der Waals surface area contributed by atoms with Gasteiger partial charge in [-0.2, -0.15) is 0 Å². The van der Waals surface area contributed by atoms with Crippen molar-refractivity contribution in [1.29, 1.82) is 0 Å². The standard InChI is InChI=1S/C20H18Cl2N2O/c21-17-8-5-12(9-18(17)22)15(10-20(25)24-13-6-7-13)16-11-23-19-4-2-1-3-14(16)19/h1-5,8-9,11,13,15,23H,6-7,10H2,(H,24,25)/t15-/m1/s1. The summed E-state index contributed by atoms with van der Waals surface area (Å²) in [5.41, 5.74) is 3.15. The average molecular weight is 373 g/mol. The number of nitrogens with one attached hydrogen (secondary N) is 2. The van der Waals surface area contributed by atoms with Gasteiger partial charge in [-0.05, 0) is 42.2 Å². The van der Waals surface area contributed by atoms with Crippen molar-refractivity contribution in [3.05, 3.63) is 69.8 Å². The van der Waals surface area contributed by atoms with E-state index in [1.54, 1.807) is 6.07 Å². The molecule has 3 nitrogen and oxygen atoms in total.